The molecule has 0 aromatic rings. The van der Waals surface area contributed by atoms with Gasteiger partial charge in [0.15, 0.2) is 30.7 Å². The number of ether oxygens (including phenoxy) is 10. The number of alkyl halides is 1. The minimum Gasteiger partial charge on any atom is -0.463 e. The molecule has 18 nitrogen and oxygen atoms in total. The van der Waals surface area contributed by atoms with Crippen LogP contribution in [0.25, 0.3) is 0 Å². The first-order valence-corrected chi connectivity index (χ1v) is 14.1. The highest BCUT2D eigenvalue weighted by Crippen LogP contribution is 2.40. The molecular formula is C26H35BrO18. The van der Waals surface area contributed by atoms with E-state index < -0.39 is 115 Å². The van der Waals surface area contributed by atoms with Gasteiger partial charge in [-0.1, -0.05) is 0 Å². The fourth-order valence-electron chi connectivity index (χ4n) is 4.52. The van der Waals surface area contributed by atoms with Gasteiger partial charge in [0.05, 0.1) is 0 Å². The number of carbonyl (C=O) groups excluding carboxylic acids is 7. The summed E-state index contributed by atoms with van der Waals surface area (Å²) in [7, 11) is 0. The van der Waals surface area contributed by atoms with Crippen molar-refractivity contribution in [2.24, 2.45) is 0 Å². The molecule has 2 rings (SSSR count). The van der Waals surface area contributed by atoms with Gasteiger partial charge >= 0.3 is 41.8 Å². The number of hydrogen-bond donors (Lipinski definition) is 1. The fraction of sp³-hybridized carbons (Fsp3) is 0.731. The van der Waals surface area contributed by atoms with Gasteiger partial charge in [-0.25, -0.2) is 0 Å². The summed E-state index contributed by atoms with van der Waals surface area (Å²) in [6.07, 6.45) is -14.8. The van der Waals surface area contributed by atoms with Crippen molar-refractivity contribution in [1.29, 1.82) is 0 Å². The quantitative estimate of drug-likeness (QED) is 0.159. The smallest absolute Gasteiger partial charge is 0.303 e. The highest BCUT2D eigenvalue weighted by atomic mass is 79.9. The standard InChI is InChI=1S/C26H35BrO18/c1-10(28)36-8-17-19(38-12(3)30)21(39-13(4)31)23(41-15(6)33)25(43-17)44-20-18(9-37-11(2)29)45-26(27,35)24(42-16(7)34)22(20)40-14(5)32/h17-25,35H,8-9H2,1-7H3/t17-,18-,19+,20-,21+,22+,23-,24-,25+,26+/m1/s1. The molecule has 2 fully saturated rings. The summed E-state index contributed by atoms with van der Waals surface area (Å²) in [6, 6.07) is 0. The van der Waals surface area contributed by atoms with Crippen LogP contribution in [-0.2, 0) is 80.9 Å². The third-order valence-corrected chi connectivity index (χ3v) is 6.58. The largest absolute Gasteiger partial charge is 0.463 e. The zero-order valence-electron chi connectivity index (χ0n) is 25.4. The lowest BCUT2D eigenvalue weighted by Gasteiger charge is -2.49. The molecule has 1 N–H and O–H groups in total. The highest BCUT2D eigenvalue weighted by molar-refractivity contribution is 9.10. The van der Waals surface area contributed by atoms with Crippen LogP contribution in [0.3, 0.4) is 0 Å². The molecule has 0 unspecified atom stereocenters. The van der Waals surface area contributed by atoms with Crippen LogP contribution >= 0.6 is 15.9 Å². The maximum atomic E-state index is 12.2. The van der Waals surface area contributed by atoms with Crippen LogP contribution in [0, 0.1) is 0 Å². The SMILES string of the molecule is CC(=O)OC[C@H]1O[C@@H](O[C@H]2[C@H](OC(C)=O)[C@@H](OC(C)=O)[C@@](O)(Br)O[C@@H]2COC(C)=O)[C@H](OC(C)=O)[C@@H](OC(C)=O)[C@H]1OC(C)=O. The molecule has 0 aromatic heterocycles. The third kappa shape index (κ3) is 11.2. The lowest BCUT2D eigenvalue weighted by Crippen LogP contribution is -2.68. The van der Waals surface area contributed by atoms with Gasteiger partial charge in [0.1, 0.15) is 31.5 Å². The van der Waals surface area contributed by atoms with E-state index in [0.717, 1.165) is 48.5 Å². The van der Waals surface area contributed by atoms with E-state index in [1.54, 1.807) is 0 Å². The summed E-state index contributed by atoms with van der Waals surface area (Å²) >= 11 is 2.89. The zero-order valence-corrected chi connectivity index (χ0v) is 27.0. The Kier molecular flexibility index (Phi) is 13.7. The average Bonchev–Trinajstić information content (AvgIpc) is 2.87. The molecule has 2 heterocycles. The lowest BCUT2D eigenvalue weighted by atomic mass is 9.96. The van der Waals surface area contributed by atoms with Crippen molar-refractivity contribution in [3.05, 3.63) is 0 Å². The Morgan fingerprint density at radius 3 is 1.47 bits per heavy atom. The molecular weight excluding hydrogens is 680 g/mol. The first kappa shape index (κ1) is 37.8. The zero-order chi connectivity index (χ0) is 34.2. The predicted octanol–water partition coefficient (Wildman–Crippen LogP) is -0.679. The predicted molar refractivity (Wildman–Crippen MR) is 143 cm³/mol. The summed E-state index contributed by atoms with van der Waals surface area (Å²) in [5.41, 5.74) is 0. The molecule has 2 aliphatic rings. The lowest BCUT2D eigenvalue weighted by molar-refractivity contribution is -0.362. The van der Waals surface area contributed by atoms with Crippen LogP contribution < -0.4 is 0 Å². The Hall–Kier alpha value is -3.39. The van der Waals surface area contributed by atoms with Gasteiger partial charge < -0.3 is 52.5 Å². The number of rotatable bonds is 11. The van der Waals surface area contributed by atoms with Crippen molar-refractivity contribution in [2.75, 3.05) is 13.2 Å². The Balaban J connectivity index is 2.71. The summed E-state index contributed by atoms with van der Waals surface area (Å²) in [5, 5.41) is 11.0. The van der Waals surface area contributed by atoms with Crippen molar-refractivity contribution < 1.29 is 86.0 Å². The molecule has 0 spiro atoms. The molecule has 19 heteroatoms. The number of esters is 7. The Bertz CT molecular complexity index is 1140. The normalized spacial score (nSPS) is 32.7. The molecule has 0 aromatic carbocycles. The Morgan fingerprint density at radius 1 is 0.578 bits per heavy atom. The van der Waals surface area contributed by atoms with Crippen molar-refractivity contribution in [3.8, 4) is 0 Å². The molecule has 0 amide bonds. The van der Waals surface area contributed by atoms with Crippen molar-refractivity contribution in [3.63, 3.8) is 0 Å². The van der Waals surface area contributed by atoms with Crippen molar-refractivity contribution in [1.82, 2.24) is 0 Å². The Morgan fingerprint density at radius 2 is 1.00 bits per heavy atom. The van der Waals surface area contributed by atoms with Crippen LogP contribution in [0.15, 0.2) is 0 Å². The topological polar surface area (TPSA) is 232 Å². The van der Waals surface area contributed by atoms with Gasteiger partial charge in [-0.15, -0.1) is 0 Å². The monoisotopic (exact) mass is 714 g/mol. The molecule has 2 saturated heterocycles. The molecule has 0 bridgehead atoms. The molecule has 10 atom stereocenters. The van der Waals surface area contributed by atoms with Crippen molar-refractivity contribution >= 4 is 57.7 Å². The number of aliphatic hydroxyl groups is 1. The second-order valence-electron chi connectivity index (χ2n) is 9.84. The second kappa shape index (κ2) is 16.3. The summed E-state index contributed by atoms with van der Waals surface area (Å²) in [5.74, 6) is -6.14. The van der Waals surface area contributed by atoms with E-state index in [4.69, 9.17) is 47.4 Å². The second-order valence-corrected chi connectivity index (χ2v) is 11.0. The van der Waals surface area contributed by atoms with E-state index in [2.05, 4.69) is 15.9 Å². The van der Waals surface area contributed by atoms with Gasteiger partial charge in [-0.05, 0) is 15.9 Å². The van der Waals surface area contributed by atoms with E-state index in [-0.39, 0.29) is 0 Å². The molecule has 0 saturated carbocycles. The highest BCUT2D eigenvalue weighted by Gasteiger charge is 2.60. The first-order chi connectivity index (χ1) is 20.8. The van der Waals surface area contributed by atoms with E-state index >= 15 is 0 Å². The maximum Gasteiger partial charge on any atom is 0.303 e. The van der Waals surface area contributed by atoms with Crippen LogP contribution in [-0.4, -0.2) is 120 Å². The maximum absolute atomic E-state index is 12.2. The first-order valence-electron chi connectivity index (χ1n) is 13.3. The van der Waals surface area contributed by atoms with Crippen LogP contribution in [0.1, 0.15) is 48.5 Å². The summed E-state index contributed by atoms with van der Waals surface area (Å²) < 4.78 is 51.9. The third-order valence-electron chi connectivity index (χ3n) is 5.94. The van der Waals surface area contributed by atoms with Gasteiger partial charge in [-0.3, -0.25) is 33.6 Å². The van der Waals surface area contributed by atoms with Gasteiger partial charge in [0.2, 0.25) is 6.10 Å². The number of hydrogen-bond acceptors (Lipinski definition) is 18. The van der Waals surface area contributed by atoms with Gasteiger partial charge in [0.25, 0.3) is 4.70 Å². The minimum absolute atomic E-state index is 0.583. The van der Waals surface area contributed by atoms with Crippen LogP contribution in [0.2, 0.25) is 0 Å². The van der Waals surface area contributed by atoms with Crippen LogP contribution in [0.5, 0.6) is 0 Å². The number of halogens is 1. The van der Waals surface area contributed by atoms with E-state index in [1.807, 2.05) is 0 Å². The average molecular weight is 715 g/mol. The molecule has 45 heavy (non-hydrogen) atoms. The Labute approximate surface area is 265 Å². The van der Waals surface area contributed by atoms with Gasteiger partial charge in [-0.2, -0.15) is 0 Å². The van der Waals surface area contributed by atoms with Gasteiger partial charge in [0, 0.05) is 48.5 Å². The molecule has 2 aliphatic heterocycles. The van der Waals surface area contributed by atoms with Crippen molar-refractivity contribution in [2.45, 2.75) is 108 Å². The molecule has 0 aliphatic carbocycles. The molecule has 0 radical (unpaired) electrons. The van der Waals surface area contributed by atoms with E-state index in [9.17, 15) is 38.7 Å². The van der Waals surface area contributed by atoms with E-state index in [1.165, 1.54) is 0 Å². The van der Waals surface area contributed by atoms with E-state index in [0.29, 0.717) is 0 Å². The fourth-order valence-corrected chi connectivity index (χ4v) is 5.11. The number of carbonyl (C=O) groups is 7. The molecule has 254 valence electrons. The minimum atomic E-state index is -2.52. The van der Waals surface area contributed by atoms with Crippen LogP contribution in [0.4, 0.5) is 0 Å². The summed E-state index contributed by atoms with van der Waals surface area (Å²) in [4.78, 5) is 83.9. The summed E-state index contributed by atoms with van der Waals surface area (Å²) in [6.45, 7) is 5.99.